The van der Waals surface area contributed by atoms with E-state index in [4.69, 9.17) is 16.7 Å². The van der Waals surface area contributed by atoms with Gasteiger partial charge < -0.3 is 10.2 Å². The first-order chi connectivity index (χ1) is 6.42. The fraction of sp³-hybridized carbons (Fsp3) is 0.333. The Morgan fingerprint density at radius 2 is 2.29 bits per heavy atom. The molecule has 0 radical (unpaired) electrons. The van der Waals surface area contributed by atoms with E-state index in [1.165, 1.54) is 13.1 Å². The van der Waals surface area contributed by atoms with Crippen molar-refractivity contribution in [2.75, 3.05) is 0 Å². The van der Waals surface area contributed by atoms with Gasteiger partial charge in [-0.15, -0.1) is 0 Å². The summed E-state index contributed by atoms with van der Waals surface area (Å²) in [4.78, 5) is 14.4. The van der Waals surface area contributed by atoms with Gasteiger partial charge in [0.05, 0.1) is 0 Å². The van der Waals surface area contributed by atoms with Gasteiger partial charge in [-0.2, -0.15) is 0 Å². The van der Waals surface area contributed by atoms with Crippen LogP contribution in [0.1, 0.15) is 12.5 Å². The number of carbonyl (C=O) groups is 1. The number of carboxylic acid groups (broad SMARTS) is 1. The molecule has 0 saturated heterocycles. The van der Waals surface area contributed by atoms with E-state index in [1.807, 2.05) is 0 Å². The summed E-state index contributed by atoms with van der Waals surface area (Å²) in [5, 5.41) is 18.5. The summed E-state index contributed by atoms with van der Waals surface area (Å²) < 4.78 is 0. The number of nitrogens with zero attached hydrogens (tertiary/aromatic N) is 1. The average Bonchev–Trinajstić information content (AvgIpc) is 2.08. The molecule has 0 aliphatic carbocycles. The number of rotatable bonds is 3. The van der Waals surface area contributed by atoms with Crippen molar-refractivity contribution in [2.45, 2.75) is 18.9 Å². The van der Waals surface area contributed by atoms with E-state index in [2.05, 4.69) is 4.98 Å². The van der Waals surface area contributed by atoms with Crippen LogP contribution in [0.3, 0.4) is 0 Å². The Balaban J connectivity index is 2.79. The molecule has 1 rings (SSSR count). The van der Waals surface area contributed by atoms with Crippen molar-refractivity contribution in [2.24, 2.45) is 0 Å². The molecule has 14 heavy (non-hydrogen) atoms. The number of aliphatic carboxylic acids is 1. The zero-order chi connectivity index (χ0) is 10.8. The van der Waals surface area contributed by atoms with Gasteiger partial charge in [-0.1, -0.05) is 17.7 Å². The van der Waals surface area contributed by atoms with Crippen LogP contribution in [0, 0.1) is 0 Å². The number of carboxylic acids is 1. The normalized spacial score (nSPS) is 14.8. The van der Waals surface area contributed by atoms with E-state index >= 15 is 0 Å². The van der Waals surface area contributed by atoms with E-state index in [9.17, 15) is 9.90 Å². The van der Waals surface area contributed by atoms with Gasteiger partial charge >= 0.3 is 5.97 Å². The third kappa shape index (κ3) is 2.68. The van der Waals surface area contributed by atoms with Crippen molar-refractivity contribution in [1.29, 1.82) is 0 Å². The lowest BCUT2D eigenvalue weighted by Gasteiger charge is -2.17. The van der Waals surface area contributed by atoms with Crippen LogP contribution in [0.15, 0.2) is 18.3 Å². The average molecular weight is 216 g/mol. The first-order valence-corrected chi connectivity index (χ1v) is 4.36. The first-order valence-electron chi connectivity index (χ1n) is 3.98. The van der Waals surface area contributed by atoms with Crippen molar-refractivity contribution < 1.29 is 15.0 Å². The number of pyridine rings is 1. The fourth-order valence-electron chi connectivity index (χ4n) is 0.984. The van der Waals surface area contributed by atoms with E-state index < -0.39 is 11.6 Å². The lowest BCUT2D eigenvalue weighted by atomic mass is 9.98. The maximum atomic E-state index is 10.6. The summed E-state index contributed by atoms with van der Waals surface area (Å²) in [7, 11) is 0. The van der Waals surface area contributed by atoms with Gasteiger partial charge in [-0.05, 0) is 18.6 Å². The Morgan fingerprint density at radius 1 is 1.64 bits per heavy atom. The third-order valence-electron chi connectivity index (χ3n) is 1.80. The summed E-state index contributed by atoms with van der Waals surface area (Å²) in [5.41, 5.74) is -1.14. The largest absolute Gasteiger partial charge is 0.479 e. The highest BCUT2D eigenvalue weighted by molar-refractivity contribution is 6.29. The second-order valence-electron chi connectivity index (χ2n) is 3.24. The van der Waals surface area contributed by atoms with Crippen LogP contribution in [0.4, 0.5) is 0 Å². The smallest absolute Gasteiger partial charge is 0.335 e. The Hall–Kier alpha value is -1.13. The predicted octanol–water partition coefficient (Wildman–Crippen LogP) is 1.11. The van der Waals surface area contributed by atoms with E-state index in [0.717, 1.165) is 0 Å². The summed E-state index contributed by atoms with van der Waals surface area (Å²) in [6.45, 7) is 1.24. The second kappa shape index (κ2) is 3.94. The summed E-state index contributed by atoms with van der Waals surface area (Å²) in [5.74, 6) is -1.26. The summed E-state index contributed by atoms with van der Waals surface area (Å²) in [6, 6.07) is 3.18. The molecule has 0 saturated carbocycles. The van der Waals surface area contributed by atoms with Crippen molar-refractivity contribution in [1.82, 2.24) is 4.98 Å². The molecule has 76 valence electrons. The Kier molecular flexibility index (Phi) is 3.08. The van der Waals surface area contributed by atoms with Crippen LogP contribution in [-0.4, -0.2) is 26.8 Å². The number of halogens is 1. The van der Waals surface area contributed by atoms with Gasteiger partial charge in [-0.25, -0.2) is 9.78 Å². The molecule has 0 bridgehead atoms. The molecule has 0 aliphatic rings. The SMILES string of the molecule is CC(O)(Cc1ccc(Cl)nc1)C(=O)O. The van der Waals surface area contributed by atoms with Crippen LogP contribution < -0.4 is 0 Å². The number of hydrogen-bond acceptors (Lipinski definition) is 3. The number of hydrogen-bond donors (Lipinski definition) is 2. The molecule has 0 aromatic carbocycles. The van der Waals surface area contributed by atoms with Crippen molar-refractivity contribution in [3.8, 4) is 0 Å². The highest BCUT2D eigenvalue weighted by Crippen LogP contribution is 2.14. The lowest BCUT2D eigenvalue weighted by Crippen LogP contribution is -2.37. The molecule has 0 amide bonds. The van der Waals surface area contributed by atoms with Gasteiger partial charge in [-0.3, -0.25) is 0 Å². The van der Waals surface area contributed by atoms with Crippen LogP contribution in [-0.2, 0) is 11.2 Å². The molecule has 5 heteroatoms. The molecule has 0 spiro atoms. The zero-order valence-corrected chi connectivity index (χ0v) is 8.32. The topological polar surface area (TPSA) is 70.4 Å². The van der Waals surface area contributed by atoms with E-state index in [1.54, 1.807) is 12.1 Å². The number of aromatic nitrogens is 1. The molecule has 2 N–H and O–H groups in total. The molecule has 4 nitrogen and oxygen atoms in total. The van der Waals surface area contributed by atoms with Crippen LogP contribution >= 0.6 is 11.6 Å². The minimum Gasteiger partial charge on any atom is -0.479 e. The molecule has 1 atom stereocenters. The summed E-state index contributed by atoms with van der Waals surface area (Å²) >= 11 is 5.56. The third-order valence-corrected chi connectivity index (χ3v) is 2.02. The molecular weight excluding hydrogens is 206 g/mol. The van der Waals surface area contributed by atoms with Gasteiger partial charge in [0, 0.05) is 12.6 Å². The molecule has 0 fully saturated rings. The van der Waals surface area contributed by atoms with Crippen molar-refractivity contribution in [3.63, 3.8) is 0 Å². The highest BCUT2D eigenvalue weighted by Gasteiger charge is 2.29. The predicted molar refractivity (Wildman–Crippen MR) is 51.2 cm³/mol. The molecule has 1 heterocycles. The zero-order valence-electron chi connectivity index (χ0n) is 7.57. The standard InChI is InChI=1S/C9H10ClNO3/c1-9(14,8(12)13)4-6-2-3-7(10)11-5-6/h2-3,5,14H,4H2,1H3,(H,12,13). The van der Waals surface area contributed by atoms with Gasteiger partial charge in [0.2, 0.25) is 0 Å². The van der Waals surface area contributed by atoms with Crippen LogP contribution in [0.5, 0.6) is 0 Å². The van der Waals surface area contributed by atoms with Crippen LogP contribution in [0.25, 0.3) is 0 Å². The maximum absolute atomic E-state index is 10.6. The van der Waals surface area contributed by atoms with Gasteiger partial charge in [0.15, 0.2) is 5.60 Å². The highest BCUT2D eigenvalue weighted by atomic mass is 35.5. The van der Waals surface area contributed by atoms with Gasteiger partial charge in [0.1, 0.15) is 5.15 Å². The molecular formula is C9H10ClNO3. The minimum atomic E-state index is -1.77. The van der Waals surface area contributed by atoms with Crippen molar-refractivity contribution in [3.05, 3.63) is 29.0 Å². The van der Waals surface area contributed by atoms with E-state index in [-0.39, 0.29) is 6.42 Å². The van der Waals surface area contributed by atoms with Crippen molar-refractivity contribution >= 4 is 17.6 Å². The van der Waals surface area contributed by atoms with E-state index in [0.29, 0.717) is 10.7 Å². The van der Waals surface area contributed by atoms with Crippen LogP contribution in [0.2, 0.25) is 5.15 Å². The monoisotopic (exact) mass is 215 g/mol. The maximum Gasteiger partial charge on any atom is 0.335 e. The minimum absolute atomic E-state index is 0.00645. The first kappa shape index (κ1) is 10.9. The second-order valence-corrected chi connectivity index (χ2v) is 3.63. The molecule has 1 aromatic rings. The Labute approximate surface area is 86.2 Å². The fourth-order valence-corrected chi connectivity index (χ4v) is 1.10. The van der Waals surface area contributed by atoms with Gasteiger partial charge in [0.25, 0.3) is 0 Å². The molecule has 0 aliphatic heterocycles. The Bertz CT molecular complexity index is 334. The number of aliphatic hydroxyl groups is 1. The quantitative estimate of drug-likeness (QED) is 0.742. The lowest BCUT2D eigenvalue weighted by molar-refractivity contribution is -0.156. The summed E-state index contributed by atoms with van der Waals surface area (Å²) in [6.07, 6.45) is 1.45. The molecule has 1 aromatic heterocycles. The molecule has 1 unspecified atom stereocenters. The Morgan fingerprint density at radius 3 is 2.71 bits per heavy atom.